The normalized spacial score (nSPS) is 13.4. The summed E-state index contributed by atoms with van der Waals surface area (Å²) < 4.78 is 22.6. The smallest absolute Gasteiger partial charge is 0.457 e. The first kappa shape index (κ1) is 26.2. The van der Waals surface area contributed by atoms with Crippen molar-refractivity contribution in [2.45, 2.75) is 72.0 Å². The second-order valence-corrected chi connectivity index (χ2v) is 10.1. The average Bonchev–Trinajstić information content (AvgIpc) is 3.40. The molecule has 10 heteroatoms. The second kappa shape index (κ2) is 11.1. The second-order valence-electron chi connectivity index (χ2n) is 10.1. The summed E-state index contributed by atoms with van der Waals surface area (Å²) in [6.07, 6.45) is 4.43. The van der Waals surface area contributed by atoms with Crippen LogP contribution in [0.2, 0.25) is 0 Å². The van der Waals surface area contributed by atoms with Gasteiger partial charge < -0.3 is 28.2 Å². The lowest BCUT2D eigenvalue weighted by Gasteiger charge is -2.21. The molecule has 0 bridgehead atoms. The Morgan fingerprint density at radius 3 is 2.70 bits per heavy atom. The highest BCUT2D eigenvalue weighted by atomic mass is 16.6. The van der Waals surface area contributed by atoms with E-state index < -0.39 is 29.4 Å². The minimum atomic E-state index is -0.835. The fraction of sp³-hybridized carbons (Fsp3) is 0.481. The number of aryl methyl sites for hydroxylation is 2. The third-order valence-electron chi connectivity index (χ3n) is 6.19. The van der Waals surface area contributed by atoms with Crippen LogP contribution in [-0.4, -0.2) is 33.8 Å². The van der Waals surface area contributed by atoms with Gasteiger partial charge in [-0.25, -0.2) is 14.6 Å². The summed E-state index contributed by atoms with van der Waals surface area (Å²) in [7, 11) is 0. The van der Waals surface area contributed by atoms with Crippen molar-refractivity contribution in [2.75, 3.05) is 6.54 Å². The number of imidazole rings is 1. The van der Waals surface area contributed by atoms with E-state index in [0.29, 0.717) is 25.8 Å². The van der Waals surface area contributed by atoms with E-state index in [2.05, 4.69) is 27.0 Å². The molecule has 1 amide bonds. The van der Waals surface area contributed by atoms with Crippen molar-refractivity contribution in [1.82, 2.24) is 14.9 Å². The largest absolute Gasteiger partial charge is 0.519 e. The maximum Gasteiger partial charge on any atom is 0.519 e. The molecule has 3 aromatic rings. The van der Waals surface area contributed by atoms with Gasteiger partial charge >= 0.3 is 17.9 Å². The van der Waals surface area contributed by atoms with Crippen molar-refractivity contribution < 1.29 is 27.9 Å². The van der Waals surface area contributed by atoms with Crippen molar-refractivity contribution in [3.05, 3.63) is 69.7 Å². The zero-order valence-electron chi connectivity index (χ0n) is 21.7. The summed E-state index contributed by atoms with van der Waals surface area (Å²) in [4.78, 5) is 41.0. The molecule has 0 spiro atoms. The van der Waals surface area contributed by atoms with E-state index in [4.69, 9.17) is 18.3 Å². The van der Waals surface area contributed by atoms with Gasteiger partial charge in [0.15, 0.2) is 18.1 Å². The van der Waals surface area contributed by atoms with E-state index >= 15 is 0 Å². The number of hydrogen-bond acceptors (Lipinski definition) is 8. The molecule has 0 unspecified atom stereocenters. The number of fused-ring (bicyclic) bond motifs is 3. The summed E-state index contributed by atoms with van der Waals surface area (Å²) in [6.45, 7) is 7.12. The zero-order valence-corrected chi connectivity index (χ0v) is 21.7. The fourth-order valence-electron chi connectivity index (χ4n) is 4.41. The Morgan fingerprint density at radius 2 is 1.97 bits per heavy atom. The van der Waals surface area contributed by atoms with E-state index in [1.54, 1.807) is 34.0 Å². The summed E-state index contributed by atoms with van der Waals surface area (Å²) >= 11 is 0. The molecule has 0 saturated heterocycles. The van der Waals surface area contributed by atoms with Gasteiger partial charge in [0.1, 0.15) is 5.60 Å². The number of carbonyl (C=O) groups is 2. The van der Waals surface area contributed by atoms with E-state index in [0.717, 1.165) is 29.9 Å². The molecular weight excluding hydrogens is 478 g/mol. The van der Waals surface area contributed by atoms with Crippen LogP contribution < -0.4 is 11.1 Å². The van der Waals surface area contributed by atoms with Gasteiger partial charge in [0.2, 0.25) is 0 Å². The molecule has 1 aliphatic heterocycles. The van der Waals surface area contributed by atoms with Crippen LogP contribution >= 0.6 is 0 Å². The monoisotopic (exact) mass is 511 g/mol. The first-order valence-electron chi connectivity index (χ1n) is 12.5. The van der Waals surface area contributed by atoms with Gasteiger partial charge in [-0.3, -0.25) is 4.79 Å². The number of amides is 1. The SMILES string of the molecule is Cc1oc(=O)oc1COC(=O)[C@@H](CCCNC(=O)OC(C)(C)C)Cc1ncn2c1CCc1ccccc1-2. The summed E-state index contributed by atoms with van der Waals surface area (Å²) in [5.41, 5.74) is 3.71. The standard InChI is InChI=1S/C27H33N3O7/c1-17-23(36-26(33)35-17)15-34-24(31)19(9-7-13-28-25(32)37-27(2,3)4)14-20-22-12-11-18-8-5-6-10-21(18)30(22)16-29-20/h5-6,8,10,16,19H,7,9,11-15H2,1-4H3,(H,28,32)/t19-/m0/s1. The molecule has 198 valence electrons. The van der Waals surface area contributed by atoms with E-state index in [1.165, 1.54) is 5.56 Å². The first-order valence-corrected chi connectivity index (χ1v) is 12.5. The number of nitrogens with one attached hydrogen (secondary N) is 1. The van der Waals surface area contributed by atoms with Crippen LogP contribution in [0.25, 0.3) is 5.69 Å². The van der Waals surface area contributed by atoms with Gasteiger partial charge in [-0.1, -0.05) is 18.2 Å². The molecule has 1 aromatic carbocycles. The highest BCUT2D eigenvalue weighted by Crippen LogP contribution is 2.28. The minimum absolute atomic E-state index is 0.180. The molecule has 1 aliphatic rings. The Kier molecular flexibility index (Phi) is 7.85. The van der Waals surface area contributed by atoms with Crippen molar-refractivity contribution in [1.29, 1.82) is 0 Å². The number of esters is 1. The van der Waals surface area contributed by atoms with Crippen molar-refractivity contribution in [3.8, 4) is 5.69 Å². The number of rotatable bonds is 9. The lowest BCUT2D eigenvalue weighted by atomic mass is 9.94. The van der Waals surface area contributed by atoms with Crippen molar-refractivity contribution in [3.63, 3.8) is 0 Å². The predicted molar refractivity (Wildman–Crippen MR) is 133 cm³/mol. The highest BCUT2D eigenvalue weighted by Gasteiger charge is 2.27. The molecular formula is C27H33N3O7. The number of alkyl carbamates (subject to hydrolysis) is 1. The average molecular weight is 512 g/mol. The molecule has 0 radical (unpaired) electrons. The van der Waals surface area contributed by atoms with Crippen LogP contribution in [-0.2, 0) is 40.1 Å². The van der Waals surface area contributed by atoms with Gasteiger partial charge in [0.25, 0.3) is 0 Å². The van der Waals surface area contributed by atoms with Crippen LogP contribution in [0.3, 0.4) is 0 Å². The summed E-state index contributed by atoms with van der Waals surface area (Å²) in [6, 6.07) is 8.22. The zero-order chi connectivity index (χ0) is 26.6. The van der Waals surface area contributed by atoms with Crippen molar-refractivity contribution >= 4 is 12.1 Å². The van der Waals surface area contributed by atoms with Crippen LogP contribution in [0.1, 0.15) is 62.1 Å². The number of nitrogens with zero attached hydrogens (tertiary/aromatic N) is 2. The number of ether oxygens (including phenoxy) is 2. The molecule has 2 aromatic heterocycles. The molecule has 1 atom stereocenters. The summed E-state index contributed by atoms with van der Waals surface area (Å²) in [5, 5.41) is 2.73. The Morgan fingerprint density at radius 1 is 1.19 bits per heavy atom. The third kappa shape index (κ3) is 6.69. The van der Waals surface area contributed by atoms with Gasteiger partial charge in [-0.2, -0.15) is 0 Å². The quantitative estimate of drug-likeness (QED) is 0.337. The Labute approximate surface area is 215 Å². The van der Waals surface area contributed by atoms with Crippen LogP contribution in [0.5, 0.6) is 0 Å². The van der Waals surface area contributed by atoms with E-state index in [-0.39, 0.29) is 18.1 Å². The Hall–Kier alpha value is -3.82. The van der Waals surface area contributed by atoms with Gasteiger partial charge in [0.05, 0.1) is 17.9 Å². The number of para-hydroxylation sites is 1. The van der Waals surface area contributed by atoms with Gasteiger partial charge in [-0.15, -0.1) is 0 Å². The van der Waals surface area contributed by atoms with E-state index in [9.17, 15) is 14.4 Å². The molecule has 0 fully saturated rings. The molecule has 0 saturated carbocycles. The van der Waals surface area contributed by atoms with Crippen molar-refractivity contribution in [2.24, 2.45) is 5.92 Å². The maximum atomic E-state index is 13.1. The molecule has 3 heterocycles. The maximum absolute atomic E-state index is 13.1. The number of carbonyl (C=O) groups excluding carboxylic acids is 2. The lowest BCUT2D eigenvalue weighted by Crippen LogP contribution is -2.33. The highest BCUT2D eigenvalue weighted by molar-refractivity contribution is 5.73. The lowest BCUT2D eigenvalue weighted by molar-refractivity contribution is -0.150. The number of hydrogen-bond donors (Lipinski definition) is 1. The van der Waals surface area contributed by atoms with E-state index in [1.807, 2.05) is 12.1 Å². The molecule has 37 heavy (non-hydrogen) atoms. The Bertz CT molecular complexity index is 1310. The first-order chi connectivity index (χ1) is 17.6. The fourth-order valence-corrected chi connectivity index (χ4v) is 4.41. The predicted octanol–water partition coefficient (Wildman–Crippen LogP) is 4.03. The van der Waals surface area contributed by atoms with Gasteiger partial charge in [-0.05, 0) is 65.0 Å². The third-order valence-corrected chi connectivity index (χ3v) is 6.19. The molecule has 0 aliphatic carbocycles. The summed E-state index contributed by atoms with van der Waals surface area (Å²) in [5.74, 6) is -1.31. The Balaban J connectivity index is 1.44. The topological polar surface area (TPSA) is 126 Å². The number of benzene rings is 1. The molecule has 1 N–H and O–H groups in total. The minimum Gasteiger partial charge on any atom is -0.457 e. The molecule has 4 rings (SSSR count). The van der Waals surface area contributed by atoms with Crippen LogP contribution in [0, 0.1) is 12.8 Å². The number of aromatic nitrogens is 2. The molecule has 10 nitrogen and oxygen atoms in total. The van der Waals surface area contributed by atoms with Crippen LogP contribution in [0.4, 0.5) is 4.79 Å². The van der Waals surface area contributed by atoms with Crippen LogP contribution in [0.15, 0.2) is 44.2 Å². The van der Waals surface area contributed by atoms with Gasteiger partial charge in [0, 0.05) is 24.3 Å².